The monoisotopic (exact) mass is 291 g/mol. The van der Waals surface area contributed by atoms with Gasteiger partial charge in [0.1, 0.15) is 5.25 Å². The molecule has 0 saturated heterocycles. The topological polar surface area (TPSA) is 66.4 Å². The first-order chi connectivity index (χ1) is 9.54. The van der Waals surface area contributed by atoms with Crippen molar-refractivity contribution < 1.29 is 14.7 Å². The maximum atomic E-state index is 11.7. The van der Waals surface area contributed by atoms with Gasteiger partial charge in [-0.15, -0.1) is 18.2 Å². The fraction of sp³-hybridized carbons (Fsp3) is 0.333. The normalized spacial score (nSPS) is 13.0. The van der Waals surface area contributed by atoms with Gasteiger partial charge in [-0.3, -0.25) is 9.59 Å². The van der Waals surface area contributed by atoms with E-state index in [1.165, 1.54) is 0 Å². The van der Waals surface area contributed by atoms with Crippen molar-refractivity contribution in [3.8, 4) is 12.3 Å². The lowest BCUT2D eigenvalue weighted by molar-refractivity contribution is -0.136. The molecule has 1 rings (SSSR count). The van der Waals surface area contributed by atoms with E-state index in [1.54, 1.807) is 6.92 Å². The zero-order valence-corrected chi connectivity index (χ0v) is 12.0. The third-order valence-electron chi connectivity index (χ3n) is 2.64. The average Bonchev–Trinajstić information content (AvgIpc) is 2.44. The fourth-order valence-electron chi connectivity index (χ4n) is 1.61. The molecule has 0 heterocycles. The molecule has 4 nitrogen and oxygen atoms in total. The Morgan fingerprint density at radius 1 is 1.40 bits per heavy atom. The summed E-state index contributed by atoms with van der Waals surface area (Å²) in [7, 11) is 0. The fourth-order valence-corrected chi connectivity index (χ4v) is 2.72. The van der Waals surface area contributed by atoms with Crippen molar-refractivity contribution in [3.63, 3.8) is 0 Å². The summed E-state index contributed by atoms with van der Waals surface area (Å²) >= 11 is 1.13. The number of benzene rings is 1. The van der Waals surface area contributed by atoms with Crippen LogP contribution in [0.25, 0.3) is 0 Å². The van der Waals surface area contributed by atoms with Gasteiger partial charge < -0.3 is 10.4 Å². The first-order valence-electron chi connectivity index (χ1n) is 6.18. The van der Waals surface area contributed by atoms with Gasteiger partial charge in [-0.05, 0) is 18.9 Å². The summed E-state index contributed by atoms with van der Waals surface area (Å²) in [6, 6.07) is 9.35. The lowest BCUT2D eigenvalue weighted by atomic mass is 10.1. The standard InChI is InChI=1S/C15H17NO3S/c1-3-9-16-14(17)11(2)20-13(15(18)19)10-12-7-5-4-6-8-12/h1,4-8,11,13H,9-10H2,2H3,(H,16,17)(H,18,19). The second-order valence-electron chi connectivity index (χ2n) is 4.22. The molecule has 0 aromatic heterocycles. The number of terminal acetylenes is 1. The molecule has 0 radical (unpaired) electrons. The summed E-state index contributed by atoms with van der Waals surface area (Å²) in [5.41, 5.74) is 0.934. The minimum Gasteiger partial charge on any atom is -0.480 e. The number of hydrogen-bond donors (Lipinski definition) is 2. The first kappa shape index (κ1) is 16.1. The lowest BCUT2D eigenvalue weighted by Crippen LogP contribution is -2.34. The Hall–Kier alpha value is -1.93. The molecule has 1 aromatic rings. The maximum absolute atomic E-state index is 11.7. The summed E-state index contributed by atoms with van der Waals surface area (Å²) in [6.07, 6.45) is 5.45. The zero-order chi connectivity index (χ0) is 15.0. The lowest BCUT2D eigenvalue weighted by Gasteiger charge is -2.17. The molecule has 0 aliphatic heterocycles. The highest BCUT2D eigenvalue weighted by molar-refractivity contribution is 8.01. The van der Waals surface area contributed by atoms with Gasteiger partial charge in [-0.1, -0.05) is 36.3 Å². The number of aliphatic carboxylic acids is 1. The van der Waals surface area contributed by atoms with Crippen molar-refractivity contribution in [1.82, 2.24) is 5.32 Å². The van der Waals surface area contributed by atoms with Crippen molar-refractivity contribution >= 4 is 23.6 Å². The predicted molar refractivity (Wildman–Crippen MR) is 80.5 cm³/mol. The highest BCUT2D eigenvalue weighted by Gasteiger charge is 2.24. The van der Waals surface area contributed by atoms with Gasteiger partial charge in [0, 0.05) is 0 Å². The molecule has 0 bridgehead atoms. The summed E-state index contributed by atoms with van der Waals surface area (Å²) in [5, 5.41) is 10.7. The van der Waals surface area contributed by atoms with Gasteiger partial charge in [-0.25, -0.2) is 0 Å². The van der Waals surface area contributed by atoms with Gasteiger partial charge in [0.25, 0.3) is 0 Å². The molecule has 2 unspecified atom stereocenters. The van der Waals surface area contributed by atoms with E-state index in [0.29, 0.717) is 6.42 Å². The minimum absolute atomic E-state index is 0.153. The van der Waals surface area contributed by atoms with Crippen molar-refractivity contribution in [2.75, 3.05) is 6.54 Å². The zero-order valence-electron chi connectivity index (χ0n) is 11.2. The minimum atomic E-state index is -0.921. The van der Waals surface area contributed by atoms with Crippen molar-refractivity contribution in [3.05, 3.63) is 35.9 Å². The Labute approximate surface area is 123 Å². The third-order valence-corrected chi connectivity index (χ3v) is 3.96. The second-order valence-corrected chi connectivity index (χ2v) is 5.77. The van der Waals surface area contributed by atoms with Gasteiger partial charge in [0.15, 0.2) is 0 Å². The summed E-state index contributed by atoms with van der Waals surface area (Å²) in [5.74, 6) is 1.15. The van der Waals surface area contributed by atoms with E-state index >= 15 is 0 Å². The smallest absolute Gasteiger partial charge is 0.316 e. The molecule has 0 aliphatic carbocycles. The number of carboxylic acid groups (broad SMARTS) is 1. The molecule has 5 heteroatoms. The van der Waals surface area contributed by atoms with Crippen molar-refractivity contribution in [2.45, 2.75) is 23.8 Å². The highest BCUT2D eigenvalue weighted by atomic mass is 32.2. The third kappa shape index (κ3) is 5.37. The highest BCUT2D eigenvalue weighted by Crippen LogP contribution is 2.22. The maximum Gasteiger partial charge on any atom is 0.316 e. The van der Waals surface area contributed by atoms with E-state index in [1.807, 2.05) is 30.3 Å². The first-order valence-corrected chi connectivity index (χ1v) is 7.12. The Kier molecular flexibility index (Phi) is 6.68. The molecule has 2 atom stereocenters. The van der Waals surface area contributed by atoms with Gasteiger partial charge in [-0.2, -0.15) is 0 Å². The van der Waals surface area contributed by atoms with Crippen LogP contribution in [-0.2, 0) is 16.0 Å². The Bertz CT molecular complexity index is 496. The van der Waals surface area contributed by atoms with Crippen LogP contribution in [0.1, 0.15) is 12.5 Å². The van der Waals surface area contributed by atoms with Crippen molar-refractivity contribution in [2.24, 2.45) is 0 Å². The number of carboxylic acids is 1. The second kappa shape index (κ2) is 8.28. The average molecular weight is 291 g/mol. The van der Waals surface area contributed by atoms with E-state index < -0.39 is 16.5 Å². The SMILES string of the molecule is C#CCNC(=O)C(C)SC(Cc1ccccc1)C(=O)O. The quantitative estimate of drug-likeness (QED) is 0.748. The van der Waals surface area contributed by atoms with Crippen LogP contribution in [0.4, 0.5) is 0 Å². The molecule has 2 N–H and O–H groups in total. The number of carbonyl (C=O) groups excluding carboxylic acids is 1. The van der Waals surface area contributed by atoms with Crippen LogP contribution in [0.5, 0.6) is 0 Å². The van der Waals surface area contributed by atoms with E-state index in [4.69, 9.17) is 6.42 Å². The summed E-state index contributed by atoms with van der Waals surface area (Å²) < 4.78 is 0. The van der Waals surface area contributed by atoms with Crippen molar-refractivity contribution in [1.29, 1.82) is 0 Å². The molecule has 1 amide bonds. The van der Waals surface area contributed by atoms with Gasteiger partial charge in [0.05, 0.1) is 11.8 Å². The number of amides is 1. The number of carbonyl (C=O) groups is 2. The van der Waals surface area contributed by atoms with E-state index in [9.17, 15) is 14.7 Å². The Morgan fingerprint density at radius 2 is 2.05 bits per heavy atom. The molecule has 0 aliphatic rings. The van der Waals surface area contributed by atoms with Crippen LogP contribution >= 0.6 is 11.8 Å². The number of nitrogens with one attached hydrogen (secondary N) is 1. The molecule has 20 heavy (non-hydrogen) atoms. The van der Waals surface area contributed by atoms with E-state index in [-0.39, 0.29) is 12.5 Å². The molecule has 0 spiro atoms. The Morgan fingerprint density at radius 3 is 2.60 bits per heavy atom. The van der Waals surface area contributed by atoms with Gasteiger partial charge >= 0.3 is 5.97 Å². The van der Waals surface area contributed by atoms with E-state index in [2.05, 4.69) is 11.2 Å². The van der Waals surface area contributed by atoms with Crippen LogP contribution in [0.2, 0.25) is 0 Å². The van der Waals surface area contributed by atoms with Gasteiger partial charge in [0.2, 0.25) is 5.91 Å². The molecule has 0 fully saturated rings. The van der Waals surface area contributed by atoms with Crippen LogP contribution < -0.4 is 5.32 Å². The largest absolute Gasteiger partial charge is 0.480 e. The number of thioether (sulfide) groups is 1. The molecular weight excluding hydrogens is 274 g/mol. The molecule has 1 aromatic carbocycles. The van der Waals surface area contributed by atoms with Crippen LogP contribution in [0, 0.1) is 12.3 Å². The van der Waals surface area contributed by atoms with Crippen LogP contribution in [0.3, 0.4) is 0 Å². The molecule has 0 saturated carbocycles. The number of hydrogen-bond acceptors (Lipinski definition) is 3. The molecule has 106 valence electrons. The predicted octanol–water partition coefficient (Wildman–Crippen LogP) is 1.55. The van der Waals surface area contributed by atoms with Crippen LogP contribution in [-0.4, -0.2) is 34.0 Å². The van der Waals surface area contributed by atoms with E-state index in [0.717, 1.165) is 17.3 Å². The summed E-state index contributed by atoms with van der Waals surface area (Å²) in [4.78, 5) is 23.0. The van der Waals surface area contributed by atoms with Crippen LogP contribution in [0.15, 0.2) is 30.3 Å². The molecular formula is C15H17NO3S. The Balaban J connectivity index is 2.62. The number of rotatable bonds is 7. The summed E-state index contributed by atoms with van der Waals surface area (Å²) in [6.45, 7) is 1.83.